The molecule has 0 aliphatic carbocycles. The van der Waals surface area contributed by atoms with Crippen molar-refractivity contribution in [1.29, 1.82) is 0 Å². The fraction of sp³-hybridized carbons (Fsp3) is 0.318. The van der Waals surface area contributed by atoms with Crippen molar-refractivity contribution in [3.63, 3.8) is 0 Å². The number of thiocarbonyl (C=S) groups is 1. The van der Waals surface area contributed by atoms with Crippen LogP contribution in [-0.2, 0) is 0 Å². The van der Waals surface area contributed by atoms with Gasteiger partial charge in [-0.25, -0.2) is 0 Å². The minimum atomic E-state index is -4.62. The Morgan fingerprint density at radius 3 is 2.11 bits per heavy atom. The summed E-state index contributed by atoms with van der Waals surface area (Å²) in [6.07, 6.45) is -6.76. The maximum atomic E-state index is 13.7. The predicted octanol–water partition coefficient (Wildman–Crippen LogP) is 6.19. The molecule has 35 heavy (non-hydrogen) atoms. The first kappa shape index (κ1) is 33.0. The SMILES string of the molecule is Cc1cc(/C=C/C(c2cc(Cl)c(Cl)c(Cl)c2)C(F)(F)F)ccc1[N-]C(C)C(=S)NCC(F)(F)F.[K+]. The number of benzene rings is 2. The van der Waals surface area contributed by atoms with Crippen molar-refractivity contribution < 1.29 is 77.7 Å². The van der Waals surface area contributed by atoms with Crippen LogP contribution in [0.15, 0.2) is 36.4 Å². The van der Waals surface area contributed by atoms with Gasteiger partial charge in [0.25, 0.3) is 0 Å². The molecule has 0 aliphatic rings. The van der Waals surface area contributed by atoms with Crippen LogP contribution in [0.25, 0.3) is 11.4 Å². The molecule has 2 atom stereocenters. The molecule has 186 valence electrons. The number of hydrogen-bond acceptors (Lipinski definition) is 1. The van der Waals surface area contributed by atoms with E-state index in [1.54, 1.807) is 19.1 Å². The summed E-state index contributed by atoms with van der Waals surface area (Å²) in [5, 5.41) is 6.19. The van der Waals surface area contributed by atoms with Gasteiger partial charge >= 0.3 is 63.7 Å². The molecule has 0 heterocycles. The molecule has 0 saturated heterocycles. The second-order valence-electron chi connectivity index (χ2n) is 7.36. The Morgan fingerprint density at radius 1 is 1.06 bits per heavy atom. The molecule has 0 radical (unpaired) electrons. The van der Waals surface area contributed by atoms with Crippen molar-refractivity contribution in [3.05, 3.63) is 73.5 Å². The van der Waals surface area contributed by atoms with Crippen LogP contribution in [0.5, 0.6) is 0 Å². The van der Waals surface area contributed by atoms with E-state index in [9.17, 15) is 26.3 Å². The number of nitrogens with one attached hydrogen (secondary N) is 1. The number of rotatable bonds is 7. The number of aryl methyl sites for hydroxylation is 1. The number of halogens is 9. The molecule has 13 heteroatoms. The maximum absolute atomic E-state index is 13.7. The number of nitrogens with zero attached hydrogens (tertiary/aromatic N) is 1. The van der Waals surface area contributed by atoms with Gasteiger partial charge in [-0.05, 0) is 30.2 Å². The molecular weight excluding hydrogens is 584 g/mol. The zero-order chi connectivity index (χ0) is 25.8. The van der Waals surface area contributed by atoms with E-state index < -0.39 is 30.9 Å². The summed E-state index contributed by atoms with van der Waals surface area (Å²) >= 11 is 22.5. The van der Waals surface area contributed by atoms with E-state index in [0.29, 0.717) is 16.8 Å². The minimum absolute atomic E-state index is 0. The maximum Gasteiger partial charge on any atom is 1.00 e. The summed E-state index contributed by atoms with van der Waals surface area (Å²) in [6, 6.07) is 6.19. The molecule has 2 rings (SSSR count). The Balaban J connectivity index is 0.00000612. The van der Waals surface area contributed by atoms with Crippen molar-refractivity contribution in [3.8, 4) is 0 Å². The topological polar surface area (TPSA) is 26.1 Å². The monoisotopic (exact) mass is 600 g/mol. The van der Waals surface area contributed by atoms with Crippen LogP contribution in [0.4, 0.5) is 32.0 Å². The molecule has 2 nitrogen and oxygen atoms in total. The molecule has 0 aromatic heterocycles. The van der Waals surface area contributed by atoms with E-state index in [2.05, 4.69) is 10.6 Å². The normalized spacial score (nSPS) is 13.8. The van der Waals surface area contributed by atoms with Crippen LogP contribution in [-0.4, -0.2) is 29.9 Å². The van der Waals surface area contributed by atoms with Gasteiger partial charge in [-0.1, -0.05) is 95.9 Å². The molecule has 0 amide bonds. The Morgan fingerprint density at radius 2 is 1.63 bits per heavy atom. The van der Waals surface area contributed by atoms with Crippen LogP contribution in [0, 0.1) is 6.92 Å². The molecule has 2 aromatic rings. The first-order valence-corrected chi connectivity index (χ1v) is 11.2. The van der Waals surface area contributed by atoms with Gasteiger partial charge in [0.1, 0.15) is 6.54 Å². The van der Waals surface area contributed by atoms with Gasteiger partial charge in [0.15, 0.2) is 0 Å². The number of hydrogen-bond donors (Lipinski definition) is 1. The van der Waals surface area contributed by atoms with Gasteiger partial charge in [0.05, 0.1) is 26.0 Å². The third-order valence-corrected chi connectivity index (χ3v) is 6.28. The van der Waals surface area contributed by atoms with Crippen LogP contribution in [0.2, 0.25) is 15.1 Å². The molecule has 0 bridgehead atoms. The Labute approximate surface area is 262 Å². The molecule has 2 unspecified atom stereocenters. The van der Waals surface area contributed by atoms with Crippen molar-refractivity contribution in [2.24, 2.45) is 0 Å². The van der Waals surface area contributed by atoms with E-state index >= 15 is 0 Å². The third-order valence-electron chi connectivity index (χ3n) is 4.60. The summed E-state index contributed by atoms with van der Waals surface area (Å²) in [5.41, 5.74) is 1.35. The third kappa shape index (κ3) is 10.3. The minimum Gasteiger partial charge on any atom is -0.676 e. The summed E-state index contributed by atoms with van der Waals surface area (Å²) in [6.45, 7) is 1.95. The van der Waals surface area contributed by atoms with Crippen molar-refractivity contribution in [2.75, 3.05) is 6.54 Å². The summed E-state index contributed by atoms with van der Waals surface area (Å²) in [5.74, 6) is -1.98. The van der Waals surface area contributed by atoms with Gasteiger partial charge in [-0.3, -0.25) is 0 Å². The van der Waals surface area contributed by atoms with E-state index in [1.165, 1.54) is 19.1 Å². The molecule has 1 N–H and O–H groups in total. The fourth-order valence-corrected chi connectivity index (χ4v) is 3.64. The molecular formula is C22H18Cl3F6KN2S. The van der Waals surface area contributed by atoms with Gasteiger partial charge in [0, 0.05) is 0 Å². The van der Waals surface area contributed by atoms with Crippen LogP contribution >= 0.6 is 47.0 Å². The molecule has 0 aliphatic heterocycles. The van der Waals surface area contributed by atoms with Gasteiger partial charge in [0.2, 0.25) is 0 Å². The zero-order valence-corrected chi connectivity index (χ0v) is 24.9. The first-order chi connectivity index (χ1) is 15.6. The van der Waals surface area contributed by atoms with Crippen LogP contribution in [0.1, 0.15) is 29.5 Å². The molecule has 0 spiro atoms. The number of allylic oxidation sites excluding steroid dienone is 1. The van der Waals surface area contributed by atoms with E-state index in [4.69, 9.17) is 47.0 Å². The average molecular weight is 602 g/mol. The Bertz CT molecular complexity index is 1050. The molecule has 2 aromatic carbocycles. The van der Waals surface area contributed by atoms with Gasteiger partial charge in [-0.15, -0.1) is 5.69 Å². The second kappa shape index (κ2) is 13.7. The quantitative estimate of drug-likeness (QED) is 0.177. The Kier molecular flexibility index (Phi) is 12.9. The van der Waals surface area contributed by atoms with Crippen molar-refractivity contribution >= 4 is 63.8 Å². The summed E-state index contributed by atoms with van der Waals surface area (Å²) < 4.78 is 78.1. The van der Waals surface area contributed by atoms with E-state index in [1.807, 2.05) is 0 Å². The van der Waals surface area contributed by atoms with Gasteiger partial charge < -0.3 is 10.6 Å². The van der Waals surface area contributed by atoms with E-state index in [0.717, 1.165) is 18.2 Å². The summed E-state index contributed by atoms with van der Waals surface area (Å²) in [7, 11) is 0. The molecule has 0 fully saturated rings. The number of alkyl halides is 6. The summed E-state index contributed by atoms with van der Waals surface area (Å²) in [4.78, 5) is -0.0750. The zero-order valence-electron chi connectivity index (χ0n) is 18.7. The van der Waals surface area contributed by atoms with Crippen molar-refractivity contribution in [1.82, 2.24) is 5.32 Å². The van der Waals surface area contributed by atoms with Crippen LogP contribution < -0.4 is 56.7 Å². The average Bonchev–Trinajstić information content (AvgIpc) is 2.70. The van der Waals surface area contributed by atoms with Crippen LogP contribution in [0.3, 0.4) is 0 Å². The molecule has 0 saturated carbocycles. The van der Waals surface area contributed by atoms with E-state index in [-0.39, 0.29) is 77.0 Å². The predicted molar refractivity (Wildman–Crippen MR) is 130 cm³/mol. The fourth-order valence-electron chi connectivity index (χ4n) is 2.90. The standard InChI is InChI=1S/C22H18Cl3F6N2S.K/c1-11-7-13(4-6-18(11)33-12(2)20(34)32-10-21(26,27)28)3-5-15(22(29,30)31)14-8-16(23)19(25)17(24)9-14;/h3-9,12,15H,10H2,1-2H3,(H,32,34);/q-1;+1/b5-3+;. The van der Waals surface area contributed by atoms with Crippen molar-refractivity contribution in [2.45, 2.75) is 38.2 Å². The second-order valence-corrected chi connectivity index (χ2v) is 8.99. The Hall–Kier alpha value is -0.0436. The first-order valence-electron chi connectivity index (χ1n) is 9.64. The van der Waals surface area contributed by atoms with Gasteiger partial charge in [-0.2, -0.15) is 26.3 Å². The smallest absolute Gasteiger partial charge is 0.676 e. The largest absolute Gasteiger partial charge is 1.00 e.